The first kappa shape index (κ1) is 19.9. The smallest absolute Gasteiger partial charge is 0.227 e. The van der Waals surface area contributed by atoms with Crippen molar-refractivity contribution in [3.63, 3.8) is 0 Å². The molecule has 0 bridgehead atoms. The van der Waals surface area contributed by atoms with Crippen molar-refractivity contribution in [1.29, 1.82) is 0 Å². The molecule has 2 aliphatic heterocycles. The first-order valence-corrected chi connectivity index (χ1v) is 10.8. The molecule has 0 saturated carbocycles. The fraction of sp³-hybridized carbons (Fsp3) is 0.455. The van der Waals surface area contributed by atoms with Gasteiger partial charge in [-0.2, -0.15) is 5.10 Å². The third-order valence-corrected chi connectivity index (χ3v) is 6.10. The van der Waals surface area contributed by atoms with Crippen LogP contribution < -0.4 is 10.2 Å². The monoisotopic (exact) mass is 421 g/mol. The maximum atomic E-state index is 12.6. The number of hydrogen-bond donors (Lipinski definition) is 2. The molecule has 0 aliphatic carbocycles. The number of nitrogens with one attached hydrogen (secondary N) is 2. The summed E-state index contributed by atoms with van der Waals surface area (Å²) in [5.41, 5.74) is 2.40. The quantitative estimate of drug-likeness (QED) is 0.666. The fourth-order valence-corrected chi connectivity index (χ4v) is 4.18. The number of ether oxygens (including phenoxy) is 1. The van der Waals surface area contributed by atoms with Gasteiger partial charge in [0.1, 0.15) is 5.82 Å². The Labute approximate surface area is 180 Å². The molecule has 5 rings (SSSR count). The lowest BCUT2D eigenvalue weighted by atomic mass is 9.96. The van der Waals surface area contributed by atoms with Gasteiger partial charge in [-0.3, -0.25) is 9.89 Å². The Morgan fingerprint density at radius 3 is 2.58 bits per heavy atom. The number of likely N-dealkylation sites (tertiary alicyclic amines) is 1. The molecule has 2 saturated heterocycles. The minimum absolute atomic E-state index is 0.0816. The molecule has 2 N–H and O–H groups in total. The number of amides is 1. The van der Waals surface area contributed by atoms with Crippen molar-refractivity contribution in [3.8, 4) is 11.4 Å². The van der Waals surface area contributed by atoms with E-state index in [1.807, 2.05) is 24.3 Å². The van der Waals surface area contributed by atoms with Crippen LogP contribution in [0.3, 0.4) is 0 Å². The van der Waals surface area contributed by atoms with Crippen LogP contribution in [0.15, 0.2) is 30.5 Å². The van der Waals surface area contributed by atoms with Crippen molar-refractivity contribution in [3.05, 3.63) is 30.5 Å². The summed E-state index contributed by atoms with van der Waals surface area (Å²) in [6.45, 7) is 4.89. The molecule has 2 aliphatic rings. The minimum atomic E-state index is 0.0816. The van der Waals surface area contributed by atoms with E-state index >= 15 is 0 Å². The van der Waals surface area contributed by atoms with E-state index in [2.05, 4.69) is 37.3 Å². The summed E-state index contributed by atoms with van der Waals surface area (Å²) in [6.07, 6.45) is 3.58. The van der Waals surface area contributed by atoms with E-state index in [-0.39, 0.29) is 11.8 Å². The number of anilines is 2. The van der Waals surface area contributed by atoms with Crippen LogP contribution in [0.25, 0.3) is 22.4 Å². The molecule has 0 unspecified atom stereocenters. The zero-order valence-corrected chi connectivity index (χ0v) is 17.7. The number of carbonyl (C=O) groups excluding carboxylic acids is 1. The van der Waals surface area contributed by atoms with Crippen LogP contribution >= 0.6 is 0 Å². The van der Waals surface area contributed by atoms with Crippen molar-refractivity contribution in [2.45, 2.75) is 12.8 Å². The Hall–Kier alpha value is -3.04. The van der Waals surface area contributed by atoms with Gasteiger partial charge in [0.25, 0.3) is 0 Å². The summed E-state index contributed by atoms with van der Waals surface area (Å²) in [4.78, 5) is 26.6. The molecular weight excluding hydrogens is 394 g/mol. The zero-order chi connectivity index (χ0) is 21.2. The number of benzene rings is 1. The summed E-state index contributed by atoms with van der Waals surface area (Å²) < 4.78 is 5.48. The van der Waals surface area contributed by atoms with E-state index in [1.165, 1.54) is 0 Å². The van der Waals surface area contributed by atoms with Crippen LogP contribution in [-0.2, 0) is 9.53 Å². The van der Waals surface area contributed by atoms with E-state index < -0.39 is 0 Å². The average molecular weight is 422 g/mol. The Morgan fingerprint density at radius 1 is 1.10 bits per heavy atom. The summed E-state index contributed by atoms with van der Waals surface area (Å²) in [6, 6.07) is 7.73. The van der Waals surface area contributed by atoms with Gasteiger partial charge in [-0.1, -0.05) is 0 Å². The van der Waals surface area contributed by atoms with Crippen LogP contribution in [0.1, 0.15) is 12.8 Å². The molecule has 0 atom stereocenters. The highest BCUT2D eigenvalue weighted by Gasteiger charge is 2.23. The number of aromatic nitrogens is 4. The van der Waals surface area contributed by atoms with Gasteiger partial charge in [-0.25, -0.2) is 9.97 Å². The van der Waals surface area contributed by atoms with E-state index in [9.17, 15) is 4.79 Å². The Bertz CT molecular complexity index is 1050. The highest BCUT2D eigenvalue weighted by molar-refractivity contribution is 5.93. The number of aromatic amines is 1. The first-order chi connectivity index (χ1) is 15.2. The van der Waals surface area contributed by atoms with E-state index in [4.69, 9.17) is 9.72 Å². The summed E-state index contributed by atoms with van der Waals surface area (Å²) in [7, 11) is 2.10. The van der Waals surface area contributed by atoms with Crippen molar-refractivity contribution >= 4 is 28.4 Å². The molecule has 1 aromatic carbocycles. The molecule has 2 aromatic heterocycles. The largest absolute Gasteiger partial charge is 0.378 e. The second-order valence-electron chi connectivity index (χ2n) is 8.25. The summed E-state index contributed by atoms with van der Waals surface area (Å²) in [5.74, 6) is 1.69. The Balaban J connectivity index is 1.35. The predicted octanol–water partition coefficient (Wildman–Crippen LogP) is 2.14. The minimum Gasteiger partial charge on any atom is -0.378 e. The maximum Gasteiger partial charge on any atom is 0.227 e. The van der Waals surface area contributed by atoms with Gasteiger partial charge < -0.3 is 19.9 Å². The van der Waals surface area contributed by atoms with Crippen LogP contribution in [0.4, 0.5) is 11.5 Å². The highest BCUT2D eigenvalue weighted by atomic mass is 16.5. The molecule has 3 aromatic rings. The molecule has 0 radical (unpaired) electrons. The van der Waals surface area contributed by atoms with E-state index in [0.717, 1.165) is 61.5 Å². The van der Waals surface area contributed by atoms with Gasteiger partial charge in [0.15, 0.2) is 11.5 Å². The molecule has 31 heavy (non-hydrogen) atoms. The maximum absolute atomic E-state index is 12.6. The van der Waals surface area contributed by atoms with Crippen molar-refractivity contribution in [1.82, 2.24) is 25.1 Å². The van der Waals surface area contributed by atoms with Crippen LogP contribution in [0.5, 0.6) is 0 Å². The second-order valence-corrected chi connectivity index (χ2v) is 8.25. The Morgan fingerprint density at radius 2 is 1.84 bits per heavy atom. The third kappa shape index (κ3) is 4.24. The SMILES string of the molecule is CN1CCC(C(=O)Nc2ccc(-c3nc(N4CCOCC4)c4cn[nH]c4n3)cc2)CC1. The lowest BCUT2D eigenvalue weighted by molar-refractivity contribution is -0.121. The lowest BCUT2D eigenvalue weighted by Gasteiger charge is -2.28. The number of rotatable bonds is 4. The Kier molecular flexibility index (Phi) is 5.52. The number of carbonyl (C=O) groups is 1. The van der Waals surface area contributed by atoms with Gasteiger partial charge in [0.2, 0.25) is 5.91 Å². The third-order valence-electron chi connectivity index (χ3n) is 6.10. The van der Waals surface area contributed by atoms with Crippen LogP contribution in [0.2, 0.25) is 0 Å². The lowest BCUT2D eigenvalue weighted by Crippen LogP contribution is -2.37. The van der Waals surface area contributed by atoms with E-state index in [1.54, 1.807) is 6.20 Å². The molecule has 9 nitrogen and oxygen atoms in total. The number of H-pyrrole nitrogens is 1. The molecule has 0 spiro atoms. The number of morpholine rings is 1. The van der Waals surface area contributed by atoms with Crippen LogP contribution in [0, 0.1) is 5.92 Å². The molecule has 1 amide bonds. The van der Waals surface area contributed by atoms with Gasteiger partial charge in [0.05, 0.1) is 24.8 Å². The molecule has 2 fully saturated rings. The van der Waals surface area contributed by atoms with Crippen molar-refractivity contribution in [2.75, 3.05) is 56.7 Å². The van der Waals surface area contributed by atoms with Gasteiger partial charge in [0, 0.05) is 30.3 Å². The van der Waals surface area contributed by atoms with Crippen molar-refractivity contribution < 1.29 is 9.53 Å². The van der Waals surface area contributed by atoms with Crippen LogP contribution in [-0.4, -0.2) is 77.4 Å². The summed E-state index contributed by atoms with van der Waals surface area (Å²) in [5, 5.41) is 11.1. The fourth-order valence-electron chi connectivity index (χ4n) is 4.18. The number of nitrogens with zero attached hydrogens (tertiary/aromatic N) is 5. The average Bonchev–Trinajstić information content (AvgIpc) is 3.29. The van der Waals surface area contributed by atoms with Gasteiger partial charge >= 0.3 is 0 Å². The predicted molar refractivity (Wildman–Crippen MR) is 119 cm³/mol. The van der Waals surface area contributed by atoms with E-state index in [0.29, 0.717) is 24.7 Å². The number of hydrogen-bond acceptors (Lipinski definition) is 7. The normalized spacial score (nSPS) is 18.4. The molecule has 4 heterocycles. The molecule has 162 valence electrons. The van der Waals surface area contributed by atoms with Gasteiger partial charge in [-0.15, -0.1) is 0 Å². The van der Waals surface area contributed by atoms with Gasteiger partial charge in [-0.05, 0) is 57.2 Å². The second kappa shape index (κ2) is 8.60. The summed E-state index contributed by atoms with van der Waals surface area (Å²) >= 11 is 0. The topological polar surface area (TPSA) is 99.3 Å². The van der Waals surface area contributed by atoms with Crippen molar-refractivity contribution in [2.24, 2.45) is 5.92 Å². The molecule has 9 heteroatoms. The zero-order valence-electron chi connectivity index (χ0n) is 17.7. The standard InChI is InChI=1S/C22H27N7O2/c1-28-8-6-16(7-9-28)22(30)24-17-4-2-15(3-5-17)19-25-20-18(14-23-27-20)21(26-19)29-10-12-31-13-11-29/h2-5,14,16H,6-13H2,1H3,(H,24,30)(H,23,25,26,27). The highest BCUT2D eigenvalue weighted by Crippen LogP contribution is 2.28. The first-order valence-electron chi connectivity index (χ1n) is 10.8. The number of piperidine rings is 1. The molecular formula is C22H27N7O2. The number of fused-ring (bicyclic) bond motifs is 1.